The van der Waals surface area contributed by atoms with Gasteiger partial charge in [0, 0.05) is 31.3 Å². The van der Waals surface area contributed by atoms with Crippen LogP contribution < -0.4 is 15.5 Å². The van der Waals surface area contributed by atoms with E-state index in [1.165, 1.54) is 12.5 Å². The SMILES string of the molecule is CC(=O)Nc1cccc(C(C)NC(=O)C2CC(=O)N(c3cccc(C(C)C)c3)C2)c1. The van der Waals surface area contributed by atoms with Crippen molar-refractivity contribution < 1.29 is 14.4 Å². The van der Waals surface area contributed by atoms with Crippen molar-refractivity contribution >= 4 is 29.1 Å². The van der Waals surface area contributed by atoms with Gasteiger partial charge < -0.3 is 15.5 Å². The zero-order valence-electron chi connectivity index (χ0n) is 17.9. The summed E-state index contributed by atoms with van der Waals surface area (Å²) in [4.78, 5) is 38.4. The second-order valence-electron chi connectivity index (χ2n) is 8.19. The van der Waals surface area contributed by atoms with Crippen molar-refractivity contribution in [1.82, 2.24) is 5.32 Å². The van der Waals surface area contributed by atoms with Crippen LogP contribution in [0.3, 0.4) is 0 Å². The number of hydrogen-bond acceptors (Lipinski definition) is 3. The molecule has 1 aliphatic heterocycles. The fourth-order valence-corrected chi connectivity index (χ4v) is 3.69. The second kappa shape index (κ2) is 9.11. The summed E-state index contributed by atoms with van der Waals surface area (Å²) in [5.41, 5.74) is 3.59. The fraction of sp³-hybridized carbons (Fsp3) is 0.375. The zero-order valence-corrected chi connectivity index (χ0v) is 17.9. The maximum Gasteiger partial charge on any atom is 0.227 e. The van der Waals surface area contributed by atoms with Crippen molar-refractivity contribution in [2.75, 3.05) is 16.8 Å². The van der Waals surface area contributed by atoms with Crippen LogP contribution >= 0.6 is 0 Å². The van der Waals surface area contributed by atoms with E-state index in [1.54, 1.807) is 11.0 Å². The largest absolute Gasteiger partial charge is 0.349 e. The van der Waals surface area contributed by atoms with E-state index in [4.69, 9.17) is 0 Å². The molecular formula is C24H29N3O3. The van der Waals surface area contributed by atoms with Gasteiger partial charge in [0.1, 0.15) is 0 Å². The Balaban J connectivity index is 1.66. The molecule has 0 aliphatic carbocycles. The van der Waals surface area contributed by atoms with Crippen LogP contribution in [0.25, 0.3) is 0 Å². The molecule has 1 heterocycles. The molecule has 158 valence electrons. The van der Waals surface area contributed by atoms with E-state index in [9.17, 15) is 14.4 Å². The van der Waals surface area contributed by atoms with Crippen molar-refractivity contribution in [1.29, 1.82) is 0 Å². The molecule has 0 aromatic heterocycles. The molecule has 6 heteroatoms. The summed E-state index contributed by atoms with van der Waals surface area (Å²) in [6.07, 6.45) is 0.205. The van der Waals surface area contributed by atoms with Gasteiger partial charge in [0.2, 0.25) is 17.7 Å². The number of nitrogens with one attached hydrogen (secondary N) is 2. The third-order valence-corrected chi connectivity index (χ3v) is 5.41. The lowest BCUT2D eigenvalue weighted by molar-refractivity contribution is -0.126. The van der Waals surface area contributed by atoms with E-state index in [1.807, 2.05) is 43.3 Å². The Hall–Kier alpha value is -3.15. The average molecular weight is 408 g/mol. The first-order valence-corrected chi connectivity index (χ1v) is 10.3. The molecule has 3 amide bonds. The highest BCUT2D eigenvalue weighted by molar-refractivity contribution is 6.00. The number of hydrogen-bond donors (Lipinski definition) is 2. The van der Waals surface area contributed by atoms with Crippen molar-refractivity contribution in [3.63, 3.8) is 0 Å². The van der Waals surface area contributed by atoms with Crippen LogP contribution in [-0.4, -0.2) is 24.3 Å². The number of rotatable bonds is 6. The van der Waals surface area contributed by atoms with Gasteiger partial charge in [-0.15, -0.1) is 0 Å². The Morgan fingerprint density at radius 1 is 1.03 bits per heavy atom. The molecule has 0 spiro atoms. The Morgan fingerprint density at radius 2 is 1.73 bits per heavy atom. The first kappa shape index (κ1) is 21.6. The standard InChI is InChI=1S/C24H29N3O3/c1-15(2)18-7-6-10-22(12-18)27-14-20(13-23(27)29)24(30)25-16(3)19-8-5-9-21(11-19)26-17(4)28/h5-12,15-16,20H,13-14H2,1-4H3,(H,25,30)(H,26,28). The Bertz CT molecular complexity index is 954. The molecule has 1 fully saturated rings. The second-order valence-corrected chi connectivity index (χ2v) is 8.19. The summed E-state index contributed by atoms with van der Waals surface area (Å²) < 4.78 is 0. The highest BCUT2D eigenvalue weighted by Gasteiger charge is 2.35. The molecule has 30 heavy (non-hydrogen) atoms. The third-order valence-electron chi connectivity index (χ3n) is 5.41. The molecule has 1 aliphatic rings. The summed E-state index contributed by atoms with van der Waals surface area (Å²) in [5, 5.41) is 5.76. The van der Waals surface area contributed by atoms with Crippen molar-refractivity contribution in [3.8, 4) is 0 Å². The topological polar surface area (TPSA) is 78.5 Å². The van der Waals surface area contributed by atoms with Crippen LogP contribution in [-0.2, 0) is 14.4 Å². The molecule has 0 saturated carbocycles. The maximum absolute atomic E-state index is 12.8. The quantitative estimate of drug-likeness (QED) is 0.760. The predicted molar refractivity (Wildman–Crippen MR) is 118 cm³/mol. The Morgan fingerprint density at radius 3 is 2.43 bits per heavy atom. The monoisotopic (exact) mass is 407 g/mol. The van der Waals surface area contributed by atoms with Crippen LogP contribution in [0.1, 0.15) is 57.2 Å². The van der Waals surface area contributed by atoms with Gasteiger partial charge in [0.05, 0.1) is 12.0 Å². The van der Waals surface area contributed by atoms with Gasteiger partial charge in [-0.05, 0) is 48.2 Å². The number of benzene rings is 2. The minimum absolute atomic E-state index is 0.0311. The predicted octanol–water partition coefficient (Wildman–Crippen LogP) is 4.00. The fourth-order valence-electron chi connectivity index (χ4n) is 3.69. The number of carbonyl (C=O) groups excluding carboxylic acids is 3. The van der Waals surface area contributed by atoms with Gasteiger partial charge in [-0.2, -0.15) is 0 Å². The lowest BCUT2D eigenvalue weighted by atomic mass is 10.0. The third kappa shape index (κ3) is 5.06. The van der Waals surface area contributed by atoms with E-state index in [0.29, 0.717) is 18.2 Å². The molecule has 2 N–H and O–H groups in total. The van der Waals surface area contributed by atoms with Crippen molar-refractivity contribution in [2.24, 2.45) is 5.92 Å². The zero-order chi connectivity index (χ0) is 21.8. The number of amides is 3. The van der Waals surface area contributed by atoms with Crippen molar-refractivity contribution in [2.45, 2.75) is 46.1 Å². The van der Waals surface area contributed by atoms with Gasteiger partial charge in [-0.1, -0.05) is 38.1 Å². The van der Waals surface area contributed by atoms with Gasteiger partial charge in [0.25, 0.3) is 0 Å². The minimum Gasteiger partial charge on any atom is -0.349 e. The Labute approximate surface area is 177 Å². The van der Waals surface area contributed by atoms with Gasteiger partial charge in [-0.3, -0.25) is 14.4 Å². The van der Waals surface area contributed by atoms with E-state index in [0.717, 1.165) is 11.3 Å². The normalized spacial score (nSPS) is 17.2. The smallest absolute Gasteiger partial charge is 0.227 e. The maximum atomic E-state index is 12.8. The minimum atomic E-state index is -0.388. The molecule has 2 aromatic carbocycles. The van der Waals surface area contributed by atoms with E-state index >= 15 is 0 Å². The summed E-state index contributed by atoms with van der Waals surface area (Å²) in [6, 6.07) is 15.1. The molecule has 6 nitrogen and oxygen atoms in total. The molecule has 3 rings (SSSR count). The van der Waals surface area contributed by atoms with Gasteiger partial charge in [0.15, 0.2) is 0 Å². The average Bonchev–Trinajstić information content (AvgIpc) is 3.09. The van der Waals surface area contributed by atoms with E-state index in [2.05, 4.69) is 30.5 Å². The first-order chi connectivity index (χ1) is 14.2. The molecule has 2 unspecified atom stereocenters. The highest BCUT2D eigenvalue weighted by Crippen LogP contribution is 2.28. The summed E-state index contributed by atoms with van der Waals surface area (Å²) in [6.45, 7) is 7.96. The molecule has 0 bridgehead atoms. The summed E-state index contributed by atoms with van der Waals surface area (Å²) in [7, 11) is 0. The molecule has 2 atom stereocenters. The van der Waals surface area contributed by atoms with Crippen LogP contribution in [0.15, 0.2) is 48.5 Å². The summed E-state index contributed by atoms with van der Waals surface area (Å²) in [5.74, 6) is -0.327. The lowest BCUT2D eigenvalue weighted by Crippen LogP contribution is -2.34. The molecule has 1 saturated heterocycles. The lowest BCUT2D eigenvalue weighted by Gasteiger charge is -2.20. The highest BCUT2D eigenvalue weighted by atomic mass is 16.2. The van der Waals surface area contributed by atoms with E-state index in [-0.39, 0.29) is 36.1 Å². The summed E-state index contributed by atoms with van der Waals surface area (Å²) >= 11 is 0. The van der Waals surface area contributed by atoms with Gasteiger partial charge >= 0.3 is 0 Å². The van der Waals surface area contributed by atoms with Crippen LogP contribution in [0.5, 0.6) is 0 Å². The van der Waals surface area contributed by atoms with Crippen LogP contribution in [0.4, 0.5) is 11.4 Å². The number of nitrogens with zero attached hydrogens (tertiary/aromatic N) is 1. The molecular weight excluding hydrogens is 378 g/mol. The number of anilines is 2. The van der Waals surface area contributed by atoms with E-state index < -0.39 is 0 Å². The Kier molecular flexibility index (Phi) is 6.55. The molecule has 2 aromatic rings. The van der Waals surface area contributed by atoms with Crippen LogP contribution in [0.2, 0.25) is 0 Å². The first-order valence-electron chi connectivity index (χ1n) is 10.3. The number of carbonyl (C=O) groups is 3. The van der Waals surface area contributed by atoms with Crippen molar-refractivity contribution in [3.05, 3.63) is 59.7 Å². The van der Waals surface area contributed by atoms with Crippen LogP contribution in [0, 0.1) is 5.92 Å². The molecule has 0 radical (unpaired) electrons. The van der Waals surface area contributed by atoms with Gasteiger partial charge in [-0.25, -0.2) is 0 Å².